The van der Waals surface area contributed by atoms with E-state index in [1.165, 1.54) is 6.33 Å². The number of rotatable bonds is 23. The number of nitrogens with two attached hydrogens (primary N) is 2. The number of nitrogens with one attached hydrogen (secondary N) is 8. The molecule has 0 radical (unpaired) electrons. The Morgan fingerprint density at radius 2 is 1.44 bits per heavy atom. The number of carboxylic acid groups (broad SMARTS) is 2. The fourth-order valence-corrected chi connectivity index (χ4v) is 4.66. The summed E-state index contributed by atoms with van der Waals surface area (Å²) in [4.78, 5) is 94.7. The molecule has 5 amide bonds. The lowest BCUT2D eigenvalue weighted by Crippen LogP contribution is -2.59. The SMILES string of the molecule is N=C(N)NCCC[C@H](NC(=O)[C@H](CCC(=O)O)NC(=O)[C@H](CO)NC(=O)[C@H](Cc1ccccc1)NC(=O)CNC(=O)[C@@H](N)Cc1c[nH]cn1)C(=O)O. The Labute approximate surface area is 297 Å². The van der Waals surface area contributed by atoms with Gasteiger partial charge in [0.2, 0.25) is 29.5 Å². The molecular weight excluding hydrogens is 686 g/mol. The number of aliphatic hydroxyl groups is 1. The molecule has 5 atom stereocenters. The van der Waals surface area contributed by atoms with Crippen LogP contribution < -0.4 is 43.4 Å². The van der Waals surface area contributed by atoms with Crippen molar-refractivity contribution in [3.8, 4) is 0 Å². The number of nitrogens with zero attached hydrogens (tertiary/aromatic N) is 1. The molecule has 21 heteroatoms. The maximum absolute atomic E-state index is 13.4. The highest BCUT2D eigenvalue weighted by Gasteiger charge is 2.31. The van der Waals surface area contributed by atoms with E-state index in [4.69, 9.17) is 16.9 Å². The summed E-state index contributed by atoms with van der Waals surface area (Å²) in [6.45, 7) is -1.41. The van der Waals surface area contributed by atoms with Gasteiger partial charge in [-0.2, -0.15) is 0 Å². The Hall–Kier alpha value is -6.09. The summed E-state index contributed by atoms with van der Waals surface area (Å²) in [6.07, 6.45) is 1.99. The zero-order valence-electron chi connectivity index (χ0n) is 28.1. The summed E-state index contributed by atoms with van der Waals surface area (Å²) < 4.78 is 0. The van der Waals surface area contributed by atoms with Crippen molar-refractivity contribution >= 4 is 47.4 Å². The molecule has 0 bridgehead atoms. The molecule has 0 fully saturated rings. The van der Waals surface area contributed by atoms with Gasteiger partial charge in [-0.1, -0.05) is 30.3 Å². The highest BCUT2D eigenvalue weighted by atomic mass is 16.4. The van der Waals surface area contributed by atoms with Crippen molar-refractivity contribution in [3.05, 3.63) is 54.1 Å². The average Bonchev–Trinajstić information content (AvgIpc) is 3.61. The molecule has 2 aromatic rings. The van der Waals surface area contributed by atoms with Crippen LogP contribution in [-0.4, -0.2) is 123 Å². The second-order valence-electron chi connectivity index (χ2n) is 11.5. The van der Waals surface area contributed by atoms with Gasteiger partial charge in [-0.05, 0) is 24.8 Å². The number of aromatic nitrogens is 2. The first-order chi connectivity index (χ1) is 24.7. The first kappa shape index (κ1) is 42.1. The summed E-state index contributed by atoms with van der Waals surface area (Å²) in [5.74, 6) is -7.57. The molecule has 1 aromatic carbocycles. The van der Waals surface area contributed by atoms with Crippen molar-refractivity contribution in [1.29, 1.82) is 5.41 Å². The molecule has 0 spiro atoms. The van der Waals surface area contributed by atoms with Gasteiger partial charge in [0.25, 0.3) is 0 Å². The van der Waals surface area contributed by atoms with E-state index in [0.717, 1.165) is 0 Å². The third-order valence-electron chi connectivity index (χ3n) is 7.37. The highest BCUT2D eigenvalue weighted by molar-refractivity contribution is 5.96. The second kappa shape index (κ2) is 21.9. The lowest BCUT2D eigenvalue weighted by Gasteiger charge is -2.25. The van der Waals surface area contributed by atoms with Crippen molar-refractivity contribution < 1.29 is 48.9 Å². The Kier molecular flexibility index (Phi) is 17.7. The molecule has 0 aliphatic heterocycles. The fraction of sp³-hybridized carbons (Fsp3) is 0.452. The quantitative estimate of drug-likeness (QED) is 0.0293. The number of benzene rings is 1. The number of carbonyl (C=O) groups is 7. The van der Waals surface area contributed by atoms with Crippen LogP contribution in [0.1, 0.15) is 36.9 Å². The number of aromatic amines is 1. The van der Waals surface area contributed by atoms with E-state index in [9.17, 15) is 48.9 Å². The first-order valence-electron chi connectivity index (χ1n) is 16.1. The largest absolute Gasteiger partial charge is 0.481 e. The van der Waals surface area contributed by atoms with E-state index in [0.29, 0.717) is 11.3 Å². The Balaban J connectivity index is 2.11. The van der Waals surface area contributed by atoms with Crippen LogP contribution in [0.5, 0.6) is 0 Å². The minimum Gasteiger partial charge on any atom is -0.481 e. The number of hydrogen-bond acceptors (Lipinski definition) is 11. The summed E-state index contributed by atoms with van der Waals surface area (Å²) in [6, 6.07) is 1.38. The molecule has 0 saturated heterocycles. The zero-order valence-corrected chi connectivity index (χ0v) is 28.1. The van der Waals surface area contributed by atoms with Gasteiger partial charge in [0.15, 0.2) is 5.96 Å². The topological polar surface area (TPSA) is 357 Å². The summed E-state index contributed by atoms with van der Waals surface area (Å²) >= 11 is 0. The minimum absolute atomic E-state index is 0.0764. The number of H-pyrrole nitrogens is 1. The third kappa shape index (κ3) is 15.6. The number of aliphatic carboxylic acids is 2. The van der Waals surface area contributed by atoms with Crippen LogP contribution in [0.2, 0.25) is 0 Å². The van der Waals surface area contributed by atoms with E-state index < -0.39 is 97.7 Å². The maximum Gasteiger partial charge on any atom is 0.326 e. The molecular formula is C31H45N11O10. The van der Waals surface area contributed by atoms with Gasteiger partial charge in [-0.15, -0.1) is 0 Å². The Morgan fingerprint density at radius 3 is 2.04 bits per heavy atom. The van der Waals surface area contributed by atoms with Gasteiger partial charge in [0.1, 0.15) is 24.2 Å². The molecule has 0 saturated carbocycles. The average molecular weight is 732 g/mol. The summed E-state index contributed by atoms with van der Waals surface area (Å²) in [5.41, 5.74) is 12.2. The van der Waals surface area contributed by atoms with Crippen molar-refractivity contribution in [2.24, 2.45) is 11.5 Å². The number of hydrogen-bond donors (Lipinski definition) is 13. The highest BCUT2D eigenvalue weighted by Crippen LogP contribution is 2.06. The zero-order chi connectivity index (χ0) is 38.6. The van der Waals surface area contributed by atoms with Crippen LogP contribution in [0.15, 0.2) is 42.9 Å². The maximum atomic E-state index is 13.4. The third-order valence-corrected chi connectivity index (χ3v) is 7.37. The number of guanidine groups is 1. The number of amides is 5. The molecule has 21 nitrogen and oxygen atoms in total. The van der Waals surface area contributed by atoms with Gasteiger partial charge in [0, 0.05) is 32.0 Å². The number of imidazole rings is 1. The molecule has 15 N–H and O–H groups in total. The van der Waals surface area contributed by atoms with Crippen molar-refractivity contribution in [2.75, 3.05) is 19.7 Å². The van der Waals surface area contributed by atoms with Gasteiger partial charge >= 0.3 is 11.9 Å². The van der Waals surface area contributed by atoms with E-state index >= 15 is 0 Å². The van der Waals surface area contributed by atoms with Crippen LogP contribution in [-0.2, 0) is 46.4 Å². The van der Waals surface area contributed by atoms with Crippen molar-refractivity contribution in [1.82, 2.24) is 41.9 Å². The van der Waals surface area contributed by atoms with Crippen LogP contribution >= 0.6 is 0 Å². The molecule has 0 aliphatic rings. The molecule has 2 rings (SSSR count). The summed E-state index contributed by atoms with van der Waals surface area (Å²) in [7, 11) is 0. The molecule has 1 heterocycles. The van der Waals surface area contributed by atoms with Gasteiger partial charge in [-0.25, -0.2) is 9.78 Å². The lowest BCUT2D eigenvalue weighted by atomic mass is 10.0. The second-order valence-corrected chi connectivity index (χ2v) is 11.5. The normalized spacial score (nSPS) is 13.6. The van der Waals surface area contributed by atoms with Crippen LogP contribution in [0, 0.1) is 5.41 Å². The predicted octanol–water partition coefficient (Wildman–Crippen LogP) is -4.22. The van der Waals surface area contributed by atoms with Crippen molar-refractivity contribution in [3.63, 3.8) is 0 Å². The predicted molar refractivity (Wildman–Crippen MR) is 182 cm³/mol. The number of carboxylic acids is 2. The van der Waals surface area contributed by atoms with Gasteiger partial charge in [-0.3, -0.25) is 34.2 Å². The van der Waals surface area contributed by atoms with Crippen LogP contribution in [0.3, 0.4) is 0 Å². The van der Waals surface area contributed by atoms with E-state index in [-0.39, 0.29) is 38.2 Å². The lowest BCUT2D eigenvalue weighted by molar-refractivity contribution is -0.143. The van der Waals surface area contributed by atoms with Gasteiger partial charge < -0.3 is 63.7 Å². The number of carbonyl (C=O) groups excluding carboxylic acids is 5. The van der Waals surface area contributed by atoms with E-state index in [1.54, 1.807) is 36.5 Å². The molecule has 52 heavy (non-hydrogen) atoms. The molecule has 1 aromatic heterocycles. The van der Waals surface area contributed by atoms with Crippen LogP contribution in [0.25, 0.3) is 0 Å². The standard InChI is InChI=1S/C31H45N11O10/c32-19(12-18-13-35-16-38-18)26(47)37-14-24(44)39-22(11-17-5-2-1-3-6-17)28(49)42-23(15-43)29(50)40-20(8-9-25(45)46)27(48)41-21(30(51)52)7-4-10-36-31(33)34/h1-3,5-6,13,16,19-23,43H,4,7-12,14-15,32H2,(H,35,38)(H,37,47)(H,39,44)(H,40,50)(H,41,48)(H,42,49)(H,45,46)(H,51,52)(H4,33,34,36)/t19-,20-,21-,22-,23-/m0/s1. The fourth-order valence-electron chi connectivity index (χ4n) is 4.66. The summed E-state index contributed by atoms with van der Waals surface area (Å²) in [5, 5.41) is 50.0. The smallest absolute Gasteiger partial charge is 0.326 e. The monoisotopic (exact) mass is 731 g/mol. The number of aliphatic hydroxyl groups excluding tert-OH is 1. The molecule has 0 aliphatic carbocycles. The van der Waals surface area contributed by atoms with Crippen molar-refractivity contribution in [2.45, 2.75) is 68.7 Å². The first-order valence-corrected chi connectivity index (χ1v) is 16.1. The van der Waals surface area contributed by atoms with E-state index in [1.807, 2.05) is 0 Å². The Morgan fingerprint density at radius 1 is 0.808 bits per heavy atom. The van der Waals surface area contributed by atoms with E-state index in [2.05, 4.69) is 41.9 Å². The molecule has 0 unspecified atom stereocenters. The molecule has 284 valence electrons. The van der Waals surface area contributed by atoms with Crippen LogP contribution in [0.4, 0.5) is 0 Å². The minimum atomic E-state index is -1.70. The van der Waals surface area contributed by atoms with Gasteiger partial charge in [0.05, 0.1) is 31.2 Å². The Bertz CT molecular complexity index is 1520.